The molecular weight excluding hydrogens is 887 g/mol. The minimum absolute atomic E-state index is 0.0184. The highest BCUT2D eigenvalue weighted by Crippen LogP contribution is 2.17. The van der Waals surface area contributed by atoms with Gasteiger partial charge in [0.1, 0.15) is 0 Å². The van der Waals surface area contributed by atoms with Gasteiger partial charge in [0.05, 0.1) is 25.4 Å². The van der Waals surface area contributed by atoms with Crippen LogP contribution < -0.4 is 5.32 Å². The summed E-state index contributed by atoms with van der Waals surface area (Å²) < 4.78 is 5.47. The second-order valence-corrected chi connectivity index (χ2v) is 21.7. The number of hydrogen-bond acceptors (Lipinski definition) is 5. The molecule has 0 aromatic rings. The molecule has 0 aliphatic carbocycles. The number of nitrogens with one attached hydrogen (secondary N) is 1. The number of aliphatic hydroxyl groups excluding tert-OH is 2. The zero-order valence-electron chi connectivity index (χ0n) is 48.2. The minimum atomic E-state index is -0.857. The number of carbonyl (C=O) groups excluding carboxylic acids is 2. The van der Waals surface area contributed by atoms with E-state index in [-0.39, 0.29) is 18.5 Å². The first-order chi connectivity index (χ1) is 35.5. The molecule has 0 saturated heterocycles. The molecule has 3 N–H and O–H groups in total. The molecule has 0 saturated carbocycles. The topological polar surface area (TPSA) is 95.9 Å². The van der Waals surface area contributed by atoms with Crippen molar-refractivity contribution in [2.45, 2.75) is 347 Å². The van der Waals surface area contributed by atoms with Gasteiger partial charge in [-0.15, -0.1) is 0 Å². The Bertz CT molecular complexity index is 1210. The van der Waals surface area contributed by atoms with Crippen molar-refractivity contribution in [2.75, 3.05) is 13.2 Å². The van der Waals surface area contributed by atoms with Crippen LogP contribution in [0.4, 0.5) is 0 Å². The van der Waals surface area contributed by atoms with Crippen LogP contribution in [0, 0.1) is 0 Å². The van der Waals surface area contributed by atoms with Gasteiger partial charge in [0.15, 0.2) is 0 Å². The summed E-state index contributed by atoms with van der Waals surface area (Å²) in [5.74, 6) is -0.0998. The predicted octanol–water partition coefficient (Wildman–Crippen LogP) is 20.1. The first kappa shape index (κ1) is 69.8. The van der Waals surface area contributed by atoms with Gasteiger partial charge in [-0.25, -0.2) is 0 Å². The Hall–Kier alpha value is -2.18. The Morgan fingerprint density at radius 3 is 1.08 bits per heavy atom. The van der Waals surface area contributed by atoms with Gasteiger partial charge in [0, 0.05) is 12.8 Å². The van der Waals surface area contributed by atoms with Gasteiger partial charge >= 0.3 is 5.97 Å². The molecule has 72 heavy (non-hydrogen) atoms. The average molecular weight is 1010 g/mol. The highest BCUT2D eigenvalue weighted by Gasteiger charge is 2.18. The van der Waals surface area contributed by atoms with Gasteiger partial charge in [0.25, 0.3) is 0 Å². The third-order valence-corrected chi connectivity index (χ3v) is 14.6. The van der Waals surface area contributed by atoms with Crippen LogP contribution in [-0.4, -0.2) is 47.4 Å². The normalized spacial score (nSPS) is 12.9. The number of rotatable bonds is 59. The lowest BCUT2D eigenvalue weighted by atomic mass is 10.0. The third-order valence-electron chi connectivity index (χ3n) is 14.6. The van der Waals surface area contributed by atoms with Crippen molar-refractivity contribution in [3.05, 3.63) is 48.6 Å². The monoisotopic (exact) mass is 1010 g/mol. The maximum absolute atomic E-state index is 12.5. The van der Waals surface area contributed by atoms with Crippen molar-refractivity contribution in [1.82, 2.24) is 5.32 Å². The van der Waals surface area contributed by atoms with E-state index >= 15 is 0 Å². The van der Waals surface area contributed by atoms with Gasteiger partial charge in [-0.2, -0.15) is 0 Å². The van der Waals surface area contributed by atoms with Crippen LogP contribution in [0.2, 0.25) is 0 Å². The van der Waals surface area contributed by atoms with Crippen molar-refractivity contribution < 1.29 is 24.5 Å². The summed E-state index contributed by atoms with van der Waals surface area (Å²) in [7, 11) is 0. The number of amides is 1. The number of allylic oxidation sites excluding steroid dienone is 7. The number of esters is 1. The molecule has 0 aromatic heterocycles. The minimum Gasteiger partial charge on any atom is -0.466 e. The standard InChI is InChI=1S/C66H123NO5/c1-3-5-7-9-11-13-15-17-19-21-23-24-25-26-27-30-34-38-42-46-50-54-58-64(69)63(62-68)67-65(70)59-55-51-47-43-39-35-31-29-33-37-41-45-49-53-57-61-72-66(71)60-56-52-48-44-40-36-32-28-22-20-18-16-14-12-10-8-6-4-2/h14,16,20,22,33,37,54,58,63-64,68-69H,3-13,15,17-19,21,23-32,34-36,38-53,55-57,59-62H2,1-2H3,(H,67,70)/b16-14-,22-20-,37-33-,58-54+. The van der Waals surface area contributed by atoms with Gasteiger partial charge in [0.2, 0.25) is 5.91 Å². The lowest BCUT2D eigenvalue weighted by Gasteiger charge is -2.20. The molecule has 2 atom stereocenters. The molecule has 0 aliphatic rings. The van der Waals surface area contributed by atoms with Crippen LogP contribution in [-0.2, 0) is 14.3 Å². The molecule has 0 radical (unpaired) electrons. The Balaban J connectivity index is 3.50. The summed E-state index contributed by atoms with van der Waals surface area (Å²) in [6, 6.07) is -0.642. The van der Waals surface area contributed by atoms with Crippen molar-refractivity contribution in [3.8, 4) is 0 Å². The van der Waals surface area contributed by atoms with E-state index in [1.54, 1.807) is 6.08 Å². The summed E-state index contributed by atoms with van der Waals surface area (Å²) in [6.45, 7) is 4.87. The van der Waals surface area contributed by atoms with Crippen molar-refractivity contribution in [3.63, 3.8) is 0 Å². The van der Waals surface area contributed by atoms with Crippen molar-refractivity contribution in [1.29, 1.82) is 0 Å². The number of aliphatic hydroxyl groups is 2. The Kier molecular flexibility index (Phi) is 59.5. The molecule has 2 unspecified atom stereocenters. The first-order valence-corrected chi connectivity index (χ1v) is 31.9. The molecule has 6 nitrogen and oxygen atoms in total. The van der Waals surface area contributed by atoms with E-state index in [4.69, 9.17) is 4.74 Å². The Labute approximate surface area is 448 Å². The number of unbranched alkanes of at least 4 members (excludes halogenated alkanes) is 42. The molecule has 0 heterocycles. The molecule has 0 rings (SSSR count). The van der Waals surface area contributed by atoms with Gasteiger partial charge in [-0.05, 0) is 89.9 Å². The van der Waals surface area contributed by atoms with Gasteiger partial charge in [-0.1, -0.05) is 281 Å². The van der Waals surface area contributed by atoms with E-state index in [0.717, 1.165) is 77.0 Å². The Morgan fingerprint density at radius 1 is 0.389 bits per heavy atom. The van der Waals surface area contributed by atoms with E-state index in [9.17, 15) is 19.8 Å². The zero-order chi connectivity index (χ0) is 52.2. The van der Waals surface area contributed by atoms with Crippen LogP contribution in [0.1, 0.15) is 335 Å². The third kappa shape index (κ3) is 57.1. The zero-order valence-corrected chi connectivity index (χ0v) is 48.2. The lowest BCUT2D eigenvalue weighted by molar-refractivity contribution is -0.143. The van der Waals surface area contributed by atoms with Crippen molar-refractivity contribution >= 4 is 11.9 Å². The fourth-order valence-electron chi connectivity index (χ4n) is 9.66. The van der Waals surface area contributed by atoms with Gasteiger partial charge in [-0.3, -0.25) is 9.59 Å². The van der Waals surface area contributed by atoms with Gasteiger partial charge < -0.3 is 20.3 Å². The molecule has 0 spiro atoms. The fraction of sp³-hybridized carbons (Fsp3) is 0.848. The molecule has 422 valence electrons. The summed E-state index contributed by atoms with van der Waals surface area (Å²) in [6.07, 6.45) is 78.6. The first-order valence-electron chi connectivity index (χ1n) is 31.9. The highest BCUT2D eigenvalue weighted by molar-refractivity contribution is 5.76. The number of hydrogen-bond donors (Lipinski definition) is 3. The van der Waals surface area contributed by atoms with Crippen LogP contribution in [0.3, 0.4) is 0 Å². The smallest absolute Gasteiger partial charge is 0.305 e. The maximum Gasteiger partial charge on any atom is 0.305 e. The quantitative estimate of drug-likeness (QED) is 0.0320. The second-order valence-electron chi connectivity index (χ2n) is 21.7. The summed E-state index contributed by atoms with van der Waals surface area (Å²) >= 11 is 0. The number of ether oxygens (including phenoxy) is 1. The summed E-state index contributed by atoms with van der Waals surface area (Å²) in [5.41, 5.74) is 0. The Morgan fingerprint density at radius 2 is 0.694 bits per heavy atom. The summed E-state index contributed by atoms with van der Waals surface area (Å²) in [4.78, 5) is 24.6. The lowest BCUT2D eigenvalue weighted by Crippen LogP contribution is -2.45. The average Bonchev–Trinajstić information content (AvgIpc) is 3.38. The predicted molar refractivity (Wildman–Crippen MR) is 315 cm³/mol. The van der Waals surface area contributed by atoms with Crippen LogP contribution in [0.5, 0.6) is 0 Å². The maximum atomic E-state index is 12.5. The largest absolute Gasteiger partial charge is 0.466 e. The van der Waals surface area contributed by atoms with Crippen LogP contribution >= 0.6 is 0 Å². The summed E-state index contributed by atoms with van der Waals surface area (Å²) in [5, 5.41) is 23.2. The molecule has 1 amide bonds. The molecule has 0 fully saturated rings. The molecule has 0 aromatic carbocycles. The number of carbonyl (C=O) groups is 2. The molecule has 0 aliphatic heterocycles. The molecule has 6 heteroatoms. The van der Waals surface area contributed by atoms with Crippen molar-refractivity contribution in [2.24, 2.45) is 0 Å². The second kappa shape index (κ2) is 61.4. The van der Waals surface area contributed by atoms with Crippen LogP contribution in [0.25, 0.3) is 0 Å². The molecule has 0 bridgehead atoms. The van der Waals surface area contributed by atoms with E-state index in [1.165, 1.54) is 231 Å². The van der Waals surface area contributed by atoms with E-state index in [1.807, 2.05) is 6.08 Å². The van der Waals surface area contributed by atoms with E-state index in [0.29, 0.717) is 19.4 Å². The van der Waals surface area contributed by atoms with E-state index in [2.05, 4.69) is 55.6 Å². The fourth-order valence-corrected chi connectivity index (χ4v) is 9.66. The van der Waals surface area contributed by atoms with Crippen LogP contribution in [0.15, 0.2) is 48.6 Å². The molecular formula is C66H123NO5. The SMILES string of the molecule is CCCCCC/C=C\C/C=C\CCCCCCCCCC(=O)OCCCCCC/C=C\CCCCCCCCCC(=O)NC(CO)C(O)/C=C/CCCCCCCCCCCCCCCCCCCCCC. The van der Waals surface area contributed by atoms with E-state index < -0.39 is 12.1 Å². The highest BCUT2D eigenvalue weighted by atomic mass is 16.5.